The van der Waals surface area contributed by atoms with E-state index in [1.165, 1.54) is 19.2 Å². The normalized spacial score (nSPS) is 9.08. The van der Waals surface area contributed by atoms with Crippen molar-refractivity contribution in [3.05, 3.63) is 18.0 Å². The van der Waals surface area contributed by atoms with Crippen LogP contribution >= 0.6 is 0 Å². The lowest BCUT2D eigenvalue weighted by Crippen LogP contribution is -2.09. The molecule has 5 heteroatoms. The van der Waals surface area contributed by atoms with Crippen LogP contribution in [-0.2, 0) is 4.79 Å². The summed E-state index contributed by atoms with van der Waals surface area (Å²) < 4.78 is 0. The van der Waals surface area contributed by atoms with Gasteiger partial charge < -0.3 is 0 Å². The highest BCUT2D eigenvalue weighted by Gasteiger charge is 1.98. The van der Waals surface area contributed by atoms with Crippen molar-refractivity contribution in [3.8, 4) is 0 Å². The molecule has 1 heterocycles. The van der Waals surface area contributed by atoms with Crippen molar-refractivity contribution in [1.82, 2.24) is 9.97 Å². The predicted molar refractivity (Wildman–Crippen MR) is 41.7 cm³/mol. The van der Waals surface area contributed by atoms with Crippen LogP contribution in [0, 0.1) is 0 Å². The Balaban J connectivity index is 2.86. The smallest absolute Gasteiger partial charge is 0.230 e. The quantitative estimate of drug-likeness (QED) is 0.637. The Morgan fingerprint density at radius 2 is 2.42 bits per heavy atom. The Labute approximate surface area is 68.8 Å². The van der Waals surface area contributed by atoms with Crippen molar-refractivity contribution >= 4 is 18.1 Å². The molecule has 12 heavy (non-hydrogen) atoms. The van der Waals surface area contributed by atoms with Gasteiger partial charge in [0, 0.05) is 13.1 Å². The molecule has 1 aromatic rings. The molecule has 0 aliphatic rings. The molecule has 0 aromatic carbocycles. The van der Waals surface area contributed by atoms with E-state index >= 15 is 0 Å². The van der Waals surface area contributed by atoms with Crippen LogP contribution in [0.5, 0.6) is 0 Å². The molecule has 1 N–H and O–H groups in total. The highest BCUT2D eigenvalue weighted by molar-refractivity contribution is 5.87. The van der Waals surface area contributed by atoms with Gasteiger partial charge in [0.2, 0.25) is 11.9 Å². The van der Waals surface area contributed by atoms with Gasteiger partial charge in [-0.1, -0.05) is 0 Å². The van der Waals surface area contributed by atoms with Crippen LogP contribution in [0.15, 0.2) is 12.3 Å². The summed E-state index contributed by atoms with van der Waals surface area (Å²) in [5, 5.41) is 2.36. The molecule has 0 fully saturated rings. The molecule has 0 radical (unpaired) electrons. The lowest BCUT2D eigenvalue weighted by Gasteiger charge is -1.98. The highest BCUT2D eigenvalue weighted by atomic mass is 16.1. The lowest BCUT2D eigenvalue weighted by atomic mass is 10.4. The molecule has 0 aliphatic heterocycles. The largest absolute Gasteiger partial charge is 0.296 e. The molecule has 5 nitrogen and oxygen atoms in total. The Morgan fingerprint density at radius 3 is 3.00 bits per heavy atom. The topological polar surface area (TPSA) is 72.0 Å². The zero-order valence-electron chi connectivity index (χ0n) is 6.44. The van der Waals surface area contributed by atoms with Gasteiger partial charge in [-0.3, -0.25) is 14.9 Å². The van der Waals surface area contributed by atoms with Gasteiger partial charge in [-0.25, -0.2) is 9.97 Å². The number of amides is 1. The number of nitrogens with zero attached hydrogens (tertiary/aromatic N) is 2. The highest BCUT2D eigenvalue weighted by Crippen LogP contribution is 1.97. The van der Waals surface area contributed by atoms with Gasteiger partial charge in [-0.15, -0.1) is 0 Å². The van der Waals surface area contributed by atoms with E-state index in [0.717, 1.165) is 0 Å². The molecule has 0 bridgehead atoms. The third-order valence-corrected chi connectivity index (χ3v) is 1.09. The molecule has 1 amide bonds. The number of carbonyl (C=O) groups is 2. The second-order valence-corrected chi connectivity index (χ2v) is 2.10. The summed E-state index contributed by atoms with van der Waals surface area (Å²) in [6, 6.07) is 1.46. The van der Waals surface area contributed by atoms with Crippen molar-refractivity contribution in [2.24, 2.45) is 0 Å². The average Bonchev–Trinajstić information content (AvgIpc) is 2.03. The van der Waals surface area contributed by atoms with E-state index in [-0.39, 0.29) is 17.5 Å². The molecule has 0 unspecified atom stereocenters. The van der Waals surface area contributed by atoms with Crippen molar-refractivity contribution in [2.75, 3.05) is 5.32 Å². The molecule has 0 spiro atoms. The van der Waals surface area contributed by atoms with Gasteiger partial charge in [0.05, 0.1) is 0 Å². The van der Waals surface area contributed by atoms with E-state index in [1.807, 2.05) is 0 Å². The van der Waals surface area contributed by atoms with E-state index < -0.39 is 0 Å². The van der Waals surface area contributed by atoms with E-state index in [1.54, 1.807) is 0 Å². The summed E-state index contributed by atoms with van der Waals surface area (Å²) in [5.74, 6) is -0.120. The summed E-state index contributed by atoms with van der Waals surface area (Å²) in [4.78, 5) is 28.2. The second kappa shape index (κ2) is 3.56. The van der Waals surface area contributed by atoms with E-state index in [0.29, 0.717) is 6.29 Å². The Kier molecular flexibility index (Phi) is 2.47. The summed E-state index contributed by atoms with van der Waals surface area (Å²) >= 11 is 0. The van der Waals surface area contributed by atoms with E-state index in [2.05, 4.69) is 15.3 Å². The maximum absolute atomic E-state index is 10.5. The molecule has 0 aliphatic carbocycles. The molecule has 0 saturated heterocycles. The minimum absolute atomic E-state index is 0.145. The summed E-state index contributed by atoms with van der Waals surface area (Å²) in [6.45, 7) is 1.34. The number of hydrogen-bond donors (Lipinski definition) is 1. The number of nitrogens with one attached hydrogen (secondary N) is 1. The van der Waals surface area contributed by atoms with Gasteiger partial charge in [0.25, 0.3) is 0 Å². The molecule has 0 atom stereocenters. The van der Waals surface area contributed by atoms with E-state index in [4.69, 9.17) is 0 Å². The first-order valence-corrected chi connectivity index (χ1v) is 3.28. The fourth-order valence-electron chi connectivity index (χ4n) is 0.656. The number of anilines is 1. The van der Waals surface area contributed by atoms with Gasteiger partial charge in [0.1, 0.15) is 5.69 Å². The molecular weight excluding hydrogens is 158 g/mol. The van der Waals surface area contributed by atoms with Gasteiger partial charge in [-0.05, 0) is 6.07 Å². The molecule has 62 valence electrons. The third kappa shape index (κ3) is 2.12. The third-order valence-electron chi connectivity index (χ3n) is 1.09. The molecule has 1 aromatic heterocycles. The molecule has 0 saturated carbocycles. The Hall–Kier alpha value is -1.78. The minimum Gasteiger partial charge on any atom is -0.296 e. The number of hydrogen-bond acceptors (Lipinski definition) is 4. The number of aromatic nitrogens is 2. The number of rotatable bonds is 2. The monoisotopic (exact) mass is 165 g/mol. The summed E-state index contributed by atoms with van der Waals surface area (Å²) in [6.07, 6.45) is 2.00. The second-order valence-electron chi connectivity index (χ2n) is 2.10. The predicted octanol–water partition coefficient (Wildman–Crippen LogP) is 0.247. The standard InChI is InChI=1S/C7H7N3O2/c1-5(12)9-7-8-3-2-6(4-11)10-7/h2-4H,1H3,(H,8,9,10,12). The van der Waals surface area contributed by atoms with Crippen LogP contribution in [0.1, 0.15) is 17.4 Å². The molecule has 1 rings (SSSR count). The first-order chi connectivity index (χ1) is 5.72. The fourth-order valence-corrected chi connectivity index (χ4v) is 0.656. The summed E-state index contributed by atoms with van der Waals surface area (Å²) in [7, 11) is 0. The first-order valence-electron chi connectivity index (χ1n) is 3.28. The van der Waals surface area contributed by atoms with Crippen molar-refractivity contribution < 1.29 is 9.59 Å². The fraction of sp³-hybridized carbons (Fsp3) is 0.143. The maximum Gasteiger partial charge on any atom is 0.230 e. The first kappa shape index (κ1) is 8.32. The van der Waals surface area contributed by atoms with Gasteiger partial charge in [0.15, 0.2) is 6.29 Å². The Morgan fingerprint density at radius 1 is 1.67 bits per heavy atom. The van der Waals surface area contributed by atoms with Crippen LogP contribution in [-0.4, -0.2) is 22.2 Å². The van der Waals surface area contributed by atoms with Crippen LogP contribution in [0.4, 0.5) is 5.95 Å². The Bertz CT molecular complexity index is 311. The van der Waals surface area contributed by atoms with Crippen LogP contribution in [0.3, 0.4) is 0 Å². The maximum atomic E-state index is 10.5. The van der Waals surface area contributed by atoms with Crippen molar-refractivity contribution in [1.29, 1.82) is 0 Å². The van der Waals surface area contributed by atoms with Crippen LogP contribution in [0.25, 0.3) is 0 Å². The average molecular weight is 165 g/mol. The number of carbonyl (C=O) groups excluding carboxylic acids is 2. The number of aldehydes is 1. The zero-order chi connectivity index (χ0) is 8.97. The summed E-state index contributed by atoms with van der Waals surface area (Å²) in [5.41, 5.74) is 0.244. The van der Waals surface area contributed by atoms with E-state index in [9.17, 15) is 9.59 Å². The van der Waals surface area contributed by atoms with Crippen LogP contribution in [0.2, 0.25) is 0 Å². The minimum atomic E-state index is -0.266. The van der Waals surface area contributed by atoms with Crippen molar-refractivity contribution in [3.63, 3.8) is 0 Å². The van der Waals surface area contributed by atoms with Gasteiger partial charge in [-0.2, -0.15) is 0 Å². The van der Waals surface area contributed by atoms with Crippen molar-refractivity contribution in [2.45, 2.75) is 6.92 Å². The SMILES string of the molecule is CC(=O)Nc1nccc(C=O)n1. The van der Waals surface area contributed by atoms with Crippen LogP contribution < -0.4 is 5.32 Å². The van der Waals surface area contributed by atoms with Gasteiger partial charge >= 0.3 is 0 Å². The lowest BCUT2D eigenvalue weighted by molar-refractivity contribution is -0.114. The molecular formula is C7H7N3O2. The zero-order valence-corrected chi connectivity index (χ0v) is 6.44.